The summed E-state index contributed by atoms with van der Waals surface area (Å²) in [5.41, 5.74) is 0.814. The van der Waals surface area contributed by atoms with Gasteiger partial charge in [0.15, 0.2) is 0 Å². The molecule has 7 nitrogen and oxygen atoms in total. The lowest BCUT2D eigenvalue weighted by Gasteiger charge is -2.10. The number of hydrogen-bond acceptors (Lipinski definition) is 5. The number of anilines is 1. The lowest BCUT2D eigenvalue weighted by atomic mass is 10.2. The highest BCUT2D eigenvalue weighted by molar-refractivity contribution is 7.92. The summed E-state index contributed by atoms with van der Waals surface area (Å²) in [4.78, 5) is -0.202. The summed E-state index contributed by atoms with van der Waals surface area (Å²) in [6, 6.07) is 11.3. The molecule has 23 heavy (non-hydrogen) atoms. The average Bonchev–Trinajstić information content (AvgIpc) is 2.48. The standard InChI is InChI=1S/C14H13N3O4S2/c1-10-2-5-12(8-14(10)22(16,18)19)17-23(20,21)13-6-3-11(9-15)4-7-13/h2-8,17H,1H3,(H2,16,18,19). The van der Waals surface area contributed by atoms with E-state index in [4.69, 9.17) is 10.4 Å². The number of nitriles is 1. The van der Waals surface area contributed by atoms with Gasteiger partial charge in [0.2, 0.25) is 10.0 Å². The van der Waals surface area contributed by atoms with Gasteiger partial charge in [-0.05, 0) is 48.9 Å². The minimum Gasteiger partial charge on any atom is -0.280 e. The molecular formula is C14H13N3O4S2. The molecule has 0 aliphatic heterocycles. The van der Waals surface area contributed by atoms with Crippen LogP contribution in [0.25, 0.3) is 0 Å². The van der Waals surface area contributed by atoms with E-state index in [2.05, 4.69) is 4.72 Å². The Balaban J connectivity index is 2.39. The summed E-state index contributed by atoms with van der Waals surface area (Å²) in [6.45, 7) is 1.55. The minimum absolute atomic E-state index is 0.0470. The Bertz CT molecular complexity index is 989. The summed E-state index contributed by atoms with van der Waals surface area (Å²) < 4.78 is 49.8. The molecule has 0 fully saturated rings. The highest BCUT2D eigenvalue weighted by Crippen LogP contribution is 2.22. The first-order valence-corrected chi connectivity index (χ1v) is 9.33. The fourth-order valence-electron chi connectivity index (χ4n) is 1.89. The quantitative estimate of drug-likeness (QED) is 0.857. The Morgan fingerprint density at radius 3 is 2.17 bits per heavy atom. The van der Waals surface area contributed by atoms with E-state index in [1.165, 1.54) is 36.4 Å². The minimum atomic E-state index is -3.96. The van der Waals surface area contributed by atoms with E-state index >= 15 is 0 Å². The van der Waals surface area contributed by atoms with Gasteiger partial charge < -0.3 is 0 Å². The zero-order chi connectivity index (χ0) is 17.3. The van der Waals surface area contributed by atoms with Gasteiger partial charge in [-0.15, -0.1) is 0 Å². The molecule has 0 saturated heterocycles. The van der Waals surface area contributed by atoms with Crippen LogP contribution in [0.15, 0.2) is 52.3 Å². The Morgan fingerprint density at radius 1 is 1.04 bits per heavy atom. The van der Waals surface area contributed by atoms with E-state index in [1.54, 1.807) is 6.92 Å². The molecule has 0 atom stereocenters. The smallest absolute Gasteiger partial charge is 0.261 e. The second-order valence-electron chi connectivity index (χ2n) is 4.77. The van der Waals surface area contributed by atoms with Crippen LogP contribution in [0.3, 0.4) is 0 Å². The number of nitrogens with zero attached hydrogens (tertiary/aromatic N) is 1. The zero-order valence-electron chi connectivity index (χ0n) is 12.0. The fraction of sp³-hybridized carbons (Fsp3) is 0.0714. The molecule has 2 aromatic carbocycles. The Morgan fingerprint density at radius 2 is 1.65 bits per heavy atom. The zero-order valence-corrected chi connectivity index (χ0v) is 13.6. The predicted molar refractivity (Wildman–Crippen MR) is 84.5 cm³/mol. The van der Waals surface area contributed by atoms with Crippen LogP contribution in [-0.4, -0.2) is 16.8 Å². The molecule has 9 heteroatoms. The lowest BCUT2D eigenvalue weighted by Crippen LogP contribution is -2.16. The number of benzene rings is 2. The van der Waals surface area contributed by atoms with E-state index in [0.29, 0.717) is 11.1 Å². The van der Waals surface area contributed by atoms with Crippen LogP contribution < -0.4 is 9.86 Å². The van der Waals surface area contributed by atoms with Crippen molar-refractivity contribution < 1.29 is 16.8 Å². The van der Waals surface area contributed by atoms with Crippen molar-refractivity contribution in [1.82, 2.24) is 0 Å². The third-order valence-corrected chi connectivity index (χ3v) is 5.49. The molecule has 0 unspecified atom stereocenters. The maximum Gasteiger partial charge on any atom is 0.261 e. The summed E-state index contributed by atoms with van der Waals surface area (Å²) in [5, 5.41) is 13.8. The summed E-state index contributed by atoms with van der Waals surface area (Å²) >= 11 is 0. The van der Waals surface area contributed by atoms with Crippen LogP contribution >= 0.6 is 0 Å². The van der Waals surface area contributed by atoms with Crippen LogP contribution in [0.2, 0.25) is 0 Å². The second kappa shape index (κ2) is 6.00. The maximum atomic E-state index is 12.3. The topological polar surface area (TPSA) is 130 Å². The van der Waals surface area contributed by atoms with Gasteiger partial charge in [-0.3, -0.25) is 4.72 Å². The number of hydrogen-bond donors (Lipinski definition) is 2. The molecule has 0 spiro atoms. The largest absolute Gasteiger partial charge is 0.280 e. The molecular weight excluding hydrogens is 338 g/mol. The van der Waals surface area contributed by atoms with Crippen molar-refractivity contribution in [2.45, 2.75) is 16.7 Å². The van der Waals surface area contributed by atoms with Crippen molar-refractivity contribution in [3.05, 3.63) is 53.6 Å². The van der Waals surface area contributed by atoms with Gasteiger partial charge in [0.25, 0.3) is 10.0 Å². The third-order valence-electron chi connectivity index (χ3n) is 3.04. The van der Waals surface area contributed by atoms with Crippen LogP contribution in [0.4, 0.5) is 5.69 Å². The van der Waals surface area contributed by atoms with Crippen molar-refractivity contribution in [3.8, 4) is 6.07 Å². The van der Waals surface area contributed by atoms with Crippen molar-refractivity contribution in [2.75, 3.05) is 4.72 Å². The van der Waals surface area contributed by atoms with Crippen molar-refractivity contribution in [1.29, 1.82) is 5.26 Å². The Kier molecular flexibility index (Phi) is 4.42. The molecule has 0 radical (unpaired) electrons. The summed E-state index contributed by atoms with van der Waals surface area (Å²) in [5.74, 6) is 0. The molecule has 0 aliphatic rings. The maximum absolute atomic E-state index is 12.3. The summed E-state index contributed by atoms with van der Waals surface area (Å²) in [6.07, 6.45) is 0. The van der Waals surface area contributed by atoms with Crippen LogP contribution in [0.5, 0.6) is 0 Å². The van der Waals surface area contributed by atoms with Gasteiger partial charge in [0.05, 0.1) is 27.1 Å². The van der Waals surface area contributed by atoms with Crippen LogP contribution in [-0.2, 0) is 20.0 Å². The van der Waals surface area contributed by atoms with E-state index in [9.17, 15) is 16.8 Å². The normalized spacial score (nSPS) is 11.7. The number of nitrogens with one attached hydrogen (secondary N) is 1. The molecule has 0 aliphatic carbocycles. The Labute approximate surface area is 134 Å². The van der Waals surface area contributed by atoms with Crippen molar-refractivity contribution in [3.63, 3.8) is 0 Å². The number of nitrogens with two attached hydrogens (primary N) is 1. The average molecular weight is 351 g/mol. The second-order valence-corrected chi connectivity index (χ2v) is 7.98. The van der Waals surface area contributed by atoms with Crippen LogP contribution in [0, 0.1) is 18.3 Å². The van der Waals surface area contributed by atoms with Crippen molar-refractivity contribution in [2.24, 2.45) is 5.14 Å². The fourth-order valence-corrected chi connectivity index (χ4v) is 3.75. The molecule has 0 amide bonds. The van der Waals surface area contributed by atoms with E-state index < -0.39 is 20.0 Å². The lowest BCUT2D eigenvalue weighted by molar-refractivity contribution is 0.596. The molecule has 0 saturated carbocycles. The SMILES string of the molecule is Cc1ccc(NS(=O)(=O)c2ccc(C#N)cc2)cc1S(N)(=O)=O. The first-order valence-electron chi connectivity index (χ1n) is 6.30. The number of rotatable bonds is 4. The van der Waals surface area contributed by atoms with Gasteiger partial charge in [-0.25, -0.2) is 22.0 Å². The molecule has 3 N–H and O–H groups in total. The van der Waals surface area contributed by atoms with E-state index in [-0.39, 0.29) is 15.5 Å². The van der Waals surface area contributed by atoms with E-state index in [1.807, 2.05) is 6.07 Å². The van der Waals surface area contributed by atoms with Gasteiger partial charge in [-0.2, -0.15) is 5.26 Å². The number of aryl methyl sites for hydroxylation is 1. The van der Waals surface area contributed by atoms with Gasteiger partial charge in [0.1, 0.15) is 0 Å². The molecule has 0 aromatic heterocycles. The Hall–Kier alpha value is -2.41. The molecule has 0 bridgehead atoms. The van der Waals surface area contributed by atoms with Gasteiger partial charge in [0, 0.05) is 0 Å². The van der Waals surface area contributed by atoms with E-state index in [0.717, 1.165) is 6.07 Å². The predicted octanol–water partition coefficient (Wildman–Crippen LogP) is 1.31. The highest BCUT2D eigenvalue weighted by Gasteiger charge is 2.17. The van der Waals surface area contributed by atoms with Crippen LogP contribution in [0.1, 0.15) is 11.1 Å². The molecule has 2 aromatic rings. The molecule has 2 rings (SSSR count). The molecule has 120 valence electrons. The third kappa shape index (κ3) is 3.87. The van der Waals surface area contributed by atoms with Gasteiger partial charge in [-0.1, -0.05) is 6.07 Å². The number of sulfonamides is 2. The van der Waals surface area contributed by atoms with Gasteiger partial charge >= 0.3 is 0 Å². The highest BCUT2D eigenvalue weighted by atomic mass is 32.2. The number of primary sulfonamides is 1. The first kappa shape index (κ1) is 17.0. The van der Waals surface area contributed by atoms with Crippen molar-refractivity contribution >= 4 is 25.7 Å². The monoisotopic (exact) mass is 351 g/mol. The first-order chi connectivity index (χ1) is 10.6. The molecule has 0 heterocycles. The summed E-state index contributed by atoms with van der Waals surface area (Å²) in [7, 11) is -7.86.